The molecule has 1 N–H and O–H groups in total. The van der Waals surface area contributed by atoms with Crippen molar-refractivity contribution in [3.05, 3.63) is 40.1 Å². The van der Waals surface area contributed by atoms with Crippen LogP contribution in [0.15, 0.2) is 28.9 Å². The van der Waals surface area contributed by atoms with Crippen molar-refractivity contribution in [3.8, 4) is 5.75 Å². The van der Waals surface area contributed by atoms with Crippen molar-refractivity contribution in [3.63, 3.8) is 0 Å². The molecule has 0 fully saturated rings. The van der Waals surface area contributed by atoms with E-state index in [0.717, 1.165) is 28.1 Å². The number of hydrogen-bond donors (Lipinski definition) is 1. The van der Waals surface area contributed by atoms with Crippen molar-refractivity contribution >= 4 is 21.6 Å². The van der Waals surface area contributed by atoms with Gasteiger partial charge in [-0.15, -0.1) is 0 Å². The highest BCUT2D eigenvalue weighted by atomic mass is 79.9. The minimum Gasteiger partial charge on any atom is -0.497 e. The van der Waals surface area contributed by atoms with Crippen LogP contribution < -0.4 is 10.1 Å². The summed E-state index contributed by atoms with van der Waals surface area (Å²) in [6, 6.07) is 5.92. The molecule has 0 bridgehead atoms. The molecule has 0 aliphatic carbocycles. The van der Waals surface area contributed by atoms with Gasteiger partial charge in [-0.1, -0.05) is 15.9 Å². The Hall–Kier alpha value is -1.49. The van der Waals surface area contributed by atoms with E-state index in [1.165, 1.54) is 5.56 Å². The fourth-order valence-corrected chi connectivity index (χ4v) is 2.27. The van der Waals surface area contributed by atoms with Crippen molar-refractivity contribution in [1.82, 2.24) is 9.78 Å². The summed E-state index contributed by atoms with van der Waals surface area (Å²) in [5.74, 6) is 0.829. The van der Waals surface area contributed by atoms with Gasteiger partial charge in [0.2, 0.25) is 0 Å². The molecule has 0 amide bonds. The van der Waals surface area contributed by atoms with Crippen LogP contribution in [0.1, 0.15) is 11.3 Å². The zero-order valence-electron chi connectivity index (χ0n) is 10.7. The van der Waals surface area contributed by atoms with E-state index in [0.29, 0.717) is 0 Å². The molecule has 4 nitrogen and oxygen atoms in total. The maximum Gasteiger partial charge on any atom is 0.122 e. The molecule has 0 aliphatic rings. The zero-order valence-corrected chi connectivity index (χ0v) is 12.3. The molecule has 0 spiro atoms. The van der Waals surface area contributed by atoms with E-state index in [1.807, 2.05) is 43.0 Å². The molecule has 1 aromatic carbocycles. The first-order chi connectivity index (χ1) is 8.58. The van der Waals surface area contributed by atoms with Gasteiger partial charge in [0.15, 0.2) is 0 Å². The molecule has 2 rings (SSSR count). The first-order valence-electron chi connectivity index (χ1n) is 5.66. The van der Waals surface area contributed by atoms with Gasteiger partial charge in [-0.2, -0.15) is 5.10 Å². The molecular formula is C13H16BrN3O. The topological polar surface area (TPSA) is 39.1 Å². The molecule has 0 radical (unpaired) electrons. The largest absolute Gasteiger partial charge is 0.497 e. The highest BCUT2D eigenvalue weighted by Gasteiger charge is 2.04. The molecule has 96 valence electrons. The number of hydrogen-bond acceptors (Lipinski definition) is 3. The Morgan fingerprint density at radius 2 is 2.17 bits per heavy atom. The van der Waals surface area contributed by atoms with Crippen LogP contribution >= 0.6 is 15.9 Å². The van der Waals surface area contributed by atoms with Gasteiger partial charge in [-0.05, 0) is 19.1 Å². The summed E-state index contributed by atoms with van der Waals surface area (Å²) in [6.45, 7) is 2.76. The lowest BCUT2D eigenvalue weighted by molar-refractivity contribution is 0.414. The maximum atomic E-state index is 5.23. The van der Waals surface area contributed by atoms with Crippen molar-refractivity contribution in [2.75, 3.05) is 12.4 Å². The number of aromatic nitrogens is 2. The van der Waals surface area contributed by atoms with Crippen LogP contribution in [-0.2, 0) is 13.6 Å². The van der Waals surface area contributed by atoms with Crippen LogP contribution in [0, 0.1) is 6.92 Å². The quantitative estimate of drug-likeness (QED) is 0.943. The van der Waals surface area contributed by atoms with Crippen LogP contribution in [-0.4, -0.2) is 16.9 Å². The van der Waals surface area contributed by atoms with E-state index in [-0.39, 0.29) is 0 Å². The van der Waals surface area contributed by atoms with E-state index in [4.69, 9.17) is 4.74 Å². The van der Waals surface area contributed by atoms with Crippen molar-refractivity contribution in [2.24, 2.45) is 7.05 Å². The van der Waals surface area contributed by atoms with E-state index >= 15 is 0 Å². The first kappa shape index (κ1) is 13.0. The van der Waals surface area contributed by atoms with Gasteiger partial charge in [0.05, 0.1) is 12.8 Å². The Balaban J connectivity index is 2.10. The summed E-state index contributed by atoms with van der Waals surface area (Å²) in [5, 5.41) is 7.68. The second-order valence-corrected chi connectivity index (χ2v) is 5.06. The summed E-state index contributed by atoms with van der Waals surface area (Å²) in [5.41, 5.74) is 3.26. The summed E-state index contributed by atoms with van der Waals surface area (Å²) >= 11 is 3.46. The third-order valence-corrected chi connectivity index (χ3v) is 3.16. The number of rotatable bonds is 4. The smallest absolute Gasteiger partial charge is 0.122 e. The summed E-state index contributed by atoms with van der Waals surface area (Å²) < 4.78 is 8.05. The van der Waals surface area contributed by atoms with Crippen molar-refractivity contribution < 1.29 is 4.74 Å². The minimum atomic E-state index is 0.749. The molecule has 5 heteroatoms. The monoisotopic (exact) mass is 309 g/mol. The van der Waals surface area contributed by atoms with Crippen LogP contribution in [0.4, 0.5) is 5.69 Å². The predicted molar refractivity (Wildman–Crippen MR) is 76.0 cm³/mol. The molecule has 2 aromatic rings. The van der Waals surface area contributed by atoms with E-state index in [9.17, 15) is 0 Å². The maximum absolute atomic E-state index is 5.23. The first-order valence-corrected chi connectivity index (χ1v) is 6.45. The lowest BCUT2D eigenvalue weighted by atomic mass is 10.2. The van der Waals surface area contributed by atoms with E-state index < -0.39 is 0 Å². The van der Waals surface area contributed by atoms with Gasteiger partial charge >= 0.3 is 0 Å². The Morgan fingerprint density at radius 1 is 1.39 bits per heavy atom. The molecule has 0 saturated carbocycles. The average Bonchev–Trinajstić information content (AvgIpc) is 2.64. The number of aryl methyl sites for hydroxylation is 2. The molecule has 0 unspecified atom stereocenters. The van der Waals surface area contributed by atoms with Crippen molar-refractivity contribution in [2.45, 2.75) is 13.5 Å². The summed E-state index contributed by atoms with van der Waals surface area (Å²) in [4.78, 5) is 0. The van der Waals surface area contributed by atoms with Gasteiger partial charge in [-0.3, -0.25) is 4.68 Å². The second kappa shape index (κ2) is 5.44. The molecule has 0 aliphatic heterocycles. The third kappa shape index (κ3) is 3.04. The van der Waals surface area contributed by atoms with E-state index in [2.05, 4.69) is 26.3 Å². The number of nitrogens with zero attached hydrogens (tertiary/aromatic N) is 2. The average molecular weight is 310 g/mol. The lowest BCUT2D eigenvalue weighted by Gasteiger charge is -2.08. The Morgan fingerprint density at radius 3 is 2.78 bits per heavy atom. The van der Waals surface area contributed by atoms with Crippen LogP contribution in [0.25, 0.3) is 0 Å². The Labute approximate surface area is 115 Å². The number of methoxy groups -OCH3 is 1. The number of ether oxygens (including phenoxy) is 1. The standard InChI is InChI=1S/C13H16BrN3O/c1-9-10(8-17(2)16-9)7-15-12-4-11(14)5-13(6-12)18-3/h4-6,8,15H,7H2,1-3H3. The minimum absolute atomic E-state index is 0.749. The van der Waals surface area contributed by atoms with E-state index in [1.54, 1.807) is 7.11 Å². The second-order valence-electron chi connectivity index (χ2n) is 4.15. The number of halogens is 1. The van der Waals surface area contributed by atoms with Gasteiger partial charge in [0, 0.05) is 41.6 Å². The normalized spacial score (nSPS) is 10.4. The summed E-state index contributed by atoms with van der Waals surface area (Å²) in [6.07, 6.45) is 2.03. The fraction of sp³-hybridized carbons (Fsp3) is 0.308. The zero-order chi connectivity index (χ0) is 13.1. The van der Waals surface area contributed by atoms with Gasteiger partial charge < -0.3 is 10.1 Å². The molecule has 0 saturated heterocycles. The molecule has 1 aromatic heterocycles. The SMILES string of the molecule is COc1cc(Br)cc(NCc2cn(C)nc2C)c1. The summed E-state index contributed by atoms with van der Waals surface area (Å²) in [7, 11) is 3.59. The number of benzene rings is 1. The fourth-order valence-electron chi connectivity index (χ4n) is 1.80. The third-order valence-electron chi connectivity index (χ3n) is 2.71. The van der Waals surface area contributed by atoms with Crippen LogP contribution in [0.3, 0.4) is 0 Å². The van der Waals surface area contributed by atoms with Gasteiger partial charge in [0.1, 0.15) is 5.75 Å². The van der Waals surface area contributed by atoms with Crippen molar-refractivity contribution in [1.29, 1.82) is 0 Å². The Kier molecular flexibility index (Phi) is 3.91. The lowest BCUT2D eigenvalue weighted by Crippen LogP contribution is -2.00. The van der Waals surface area contributed by atoms with Gasteiger partial charge in [-0.25, -0.2) is 0 Å². The highest BCUT2D eigenvalue weighted by Crippen LogP contribution is 2.24. The molecule has 1 heterocycles. The molecule has 18 heavy (non-hydrogen) atoms. The molecular weight excluding hydrogens is 294 g/mol. The number of nitrogens with one attached hydrogen (secondary N) is 1. The Bertz CT molecular complexity index is 551. The highest BCUT2D eigenvalue weighted by molar-refractivity contribution is 9.10. The van der Waals surface area contributed by atoms with Crippen LogP contribution in [0.2, 0.25) is 0 Å². The number of anilines is 1. The van der Waals surface area contributed by atoms with Gasteiger partial charge in [0.25, 0.3) is 0 Å². The molecule has 0 atom stereocenters. The van der Waals surface area contributed by atoms with Crippen LogP contribution in [0.5, 0.6) is 5.75 Å². The predicted octanol–water partition coefficient (Wildman–Crippen LogP) is 3.11.